The average molecular weight is 919 g/mol. The molecule has 13 aromatic rings. The van der Waals surface area contributed by atoms with E-state index in [4.69, 9.17) is 0 Å². The fraction of sp³-hybridized carbons (Fsp3) is 0.0294. The van der Waals surface area contributed by atoms with Gasteiger partial charge in [-0.2, -0.15) is 0 Å². The molecule has 16 rings (SSSR count). The lowest BCUT2D eigenvalue weighted by molar-refractivity contribution is 0.752. The van der Waals surface area contributed by atoms with Crippen LogP contribution in [0.1, 0.15) is 45.2 Å². The molecule has 332 valence electrons. The number of nitrogens with zero attached hydrogens (tertiary/aromatic N) is 2. The van der Waals surface area contributed by atoms with Crippen LogP contribution in [0.15, 0.2) is 267 Å². The van der Waals surface area contributed by atoms with Crippen molar-refractivity contribution in [3.63, 3.8) is 0 Å². The largest absolute Gasteiger partial charge is 0.309 e. The molecule has 0 fully saturated rings. The van der Waals surface area contributed by atoms with Gasteiger partial charge in [0.05, 0.1) is 27.8 Å². The molecule has 0 amide bonds. The maximum atomic E-state index is 2.59. The zero-order valence-corrected chi connectivity index (χ0v) is 40.0. The summed E-state index contributed by atoms with van der Waals surface area (Å²) in [5.41, 5.74) is 18.3. The van der Waals surface area contributed by atoms with Gasteiger partial charge in [-0.15, -0.1) is 0 Å². The Labute approximate surface area is 414 Å². The molecule has 71 heavy (non-hydrogen) atoms. The van der Waals surface area contributed by atoms with Gasteiger partial charge in [-0.3, -0.25) is 0 Å². The molecular formula is C68H46N2Si. The van der Waals surface area contributed by atoms with Crippen LogP contribution in [0, 0.1) is 0 Å². The van der Waals surface area contributed by atoms with Crippen molar-refractivity contribution in [1.29, 1.82) is 0 Å². The lowest BCUT2D eigenvalue weighted by Crippen LogP contribution is -2.75. The second-order valence-electron chi connectivity index (χ2n) is 19.4. The fourth-order valence-electron chi connectivity index (χ4n) is 13.3. The van der Waals surface area contributed by atoms with Crippen LogP contribution in [0.2, 0.25) is 0 Å². The Morgan fingerprint density at radius 3 is 1.41 bits per heavy atom. The molecule has 0 aliphatic heterocycles. The first-order chi connectivity index (χ1) is 35.3. The molecule has 11 aromatic carbocycles. The van der Waals surface area contributed by atoms with Gasteiger partial charge in [-0.05, 0) is 108 Å². The van der Waals surface area contributed by atoms with E-state index in [0.717, 1.165) is 0 Å². The van der Waals surface area contributed by atoms with Crippen molar-refractivity contribution in [3.8, 4) is 22.5 Å². The molecule has 2 atom stereocenters. The van der Waals surface area contributed by atoms with E-state index in [1.807, 2.05) is 0 Å². The number of fused-ring (bicyclic) bond motifs is 6. The third kappa shape index (κ3) is 5.70. The molecule has 2 unspecified atom stereocenters. The Morgan fingerprint density at radius 1 is 0.282 bits per heavy atom. The minimum absolute atomic E-state index is 0.0155. The number of para-hydroxylation sites is 3. The molecule has 0 saturated carbocycles. The summed E-state index contributed by atoms with van der Waals surface area (Å²) >= 11 is 0. The fourth-order valence-corrected chi connectivity index (χ4v) is 18.4. The second kappa shape index (κ2) is 15.6. The van der Waals surface area contributed by atoms with Gasteiger partial charge in [0, 0.05) is 39.1 Å². The van der Waals surface area contributed by atoms with Gasteiger partial charge in [-0.25, -0.2) is 0 Å². The Hall–Kier alpha value is -8.76. The lowest BCUT2D eigenvalue weighted by Gasteiger charge is -2.47. The summed E-state index contributed by atoms with van der Waals surface area (Å²) in [7, 11) is -3.08. The highest BCUT2D eigenvalue weighted by Crippen LogP contribution is 2.57. The summed E-state index contributed by atoms with van der Waals surface area (Å²) in [6, 6.07) is 101. The van der Waals surface area contributed by atoms with E-state index >= 15 is 0 Å². The normalized spacial score (nSPS) is 14.8. The highest BCUT2D eigenvalue weighted by Gasteiger charge is 2.50. The van der Waals surface area contributed by atoms with Crippen molar-refractivity contribution in [2.75, 3.05) is 0 Å². The van der Waals surface area contributed by atoms with Gasteiger partial charge in [0.1, 0.15) is 0 Å². The van der Waals surface area contributed by atoms with Crippen LogP contribution in [-0.4, -0.2) is 17.2 Å². The first-order valence-corrected chi connectivity index (χ1v) is 26.9. The molecule has 0 radical (unpaired) electrons. The Kier molecular flexibility index (Phi) is 8.84. The molecular weight excluding hydrogens is 873 g/mol. The predicted octanol–water partition coefficient (Wildman–Crippen LogP) is 13.9. The van der Waals surface area contributed by atoms with Crippen molar-refractivity contribution >= 4 is 72.4 Å². The van der Waals surface area contributed by atoms with Gasteiger partial charge in [0.2, 0.25) is 0 Å². The molecule has 0 N–H and O–H groups in total. The topological polar surface area (TPSA) is 9.86 Å². The number of rotatable bonds is 7. The average Bonchev–Trinajstić information content (AvgIpc) is 3.96. The maximum absolute atomic E-state index is 3.08. The minimum Gasteiger partial charge on any atom is -0.309 e. The standard InChI is InChI=1S/C68H46N2Si/c1-4-21-45(22-5-1)46-23-18-28-50(43-46)71(48-24-6-2-7-25-48,49-26-8-3-9-27-49)64-40-20-35-57-65-54-32-10-11-33-55(54)68(67(57)64)66-56(65)34-19-39-63(66)70-61-38-17-14-31-53(61)58-44-47(41-42-62(58)70)69-59-36-15-12-29-51(59)52-30-13-16-37-60(52)69/h1-44,65,68H. The van der Waals surface area contributed by atoms with E-state index in [9.17, 15) is 0 Å². The van der Waals surface area contributed by atoms with Crippen LogP contribution < -0.4 is 20.7 Å². The quantitative estimate of drug-likeness (QED) is 0.111. The van der Waals surface area contributed by atoms with Crippen molar-refractivity contribution in [3.05, 3.63) is 300 Å². The Bertz CT molecular complexity index is 4150. The van der Waals surface area contributed by atoms with Crippen LogP contribution in [0.3, 0.4) is 0 Å². The predicted molar refractivity (Wildman–Crippen MR) is 299 cm³/mol. The van der Waals surface area contributed by atoms with E-state index in [1.54, 1.807) is 0 Å². The van der Waals surface area contributed by atoms with Crippen LogP contribution in [-0.2, 0) is 0 Å². The molecule has 3 heteroatoms. The Morgan fingerprint density at radius 2 is 0.746 bits per heavy atom. The first kappa shape index (κ1) is 40.2. The summed E-state index contributed by atoms with van der Waals surface area (Å²) in [5.74, 6) is 0.0586. The summed E-state index contributed by atoms with van der Waals surface area (Å²) in [6.45, 7) is 0. The zero-order chi connectivity index (χ0) is 46.6. The number of hydrogen-bond acceptors (Lipinski definition) is 0. The second-order valence-corrected chi connectivity index (χ2v) is 23.2. The first-order valence-electron chi connectivity index (χ1n) is 24.9. The van der Waals surface area contributed by atoms with Crippen LogP contribution >= 0.6 is 0 Å². The molecule has 2 bridgehead atoms. The monoisotopic (exact) mass is 918 g/mol. The van der Waals surface area contributed by atoms with Gasteiger partial charge in [0.25, 0.3) is 0 Å². The van der Waals surface area contributed by atoms with Crippen molar-refractivity contribution in [2.45, 2.75) is 11.8 Å². The number of benzene rings is 11. The number of aromatic nitrogens is 2. The third-order valence-electron chi connectivity index (χ3n) is 16.0. The van der Waals surface area contributed by atoms with E-state index in [2.05, 4.69) is 276 Å². The van der Waals surface area contributed by atoms with Crippen molar-refractivity contribution in [1.82, 2.24) is 9.13 Å². The minimum atomic E-state index is -3.08. The molecule has 2 heterocycles. The van der Waals surface area contributed by atoms with E-state index < -0.39 is 8.07 Å². The smallest absolute Gasteiger partial charge is 0.179 e. The summed E-state index contributed by atoms with van der Waals surface area (Å²) in [6.07, 6.45) is 0. The van der Waals surface area contributed by atoms with Crippen molar-refractivity contribution < 1.29 is 0 Å². The molecule has 0 saturated heterocycles. The number of hydrogen-bond donors (Lipinski definition) is 0. The third-order valence-corrected chi connectivity index (χ3v) is 20.8. The SMILES string of the molecule is c1ccc(-c2cccc([Si](c3ccccc3)(c3ccccc3)c3cccc4c3C3c5ccccc5C4c4cccc(-n5c6ccccc6c6cc(-n7c8ccccc8c8ccccc87)ccc65)c43)c2)cc1. The van der Waals surface area contributed by atoms with Gasteiger partial charge < -0.3 is 9.13 Å². The van der Waals surface area contributed by atoms with E-state index in [1.165, 1.54) is 120 Å². The molecule has 2 aromatic heterocycles. The van der Waals surface area contributed by atoms with E-state index in [0.29, 0.717) is 0 Å². The highest BCUT2D eigenvalue weighted by atomic mass is 28.3. The molecule has 2 nitrogen and oxygen atoms in total. The van der Waals surface area contributed by atoms with Crippen LogP contribution in [0.25, 0.3) is 66.1 Å². The summed E-state index contributed by atoms with van der Waals surface area (Å²) < 4.78 is 5.03. The van der Waals surface area contributed by atoms with Gasteiger partial charge in [0.15, 0.2) is 8.07 Å². The highest BCUT2D eigenvalue weighted by molar-refractivity contribution is 7.20. The van der Waals surface area contributed by atoms with Crippen LogP contribution in [0.4, 0.5) is 0 Å². The zero-order valence-electron chi connectivity index (χ0n) is 39.0. The molecule has 3 aliphatic carbocycles. The van der Waals surface area contributed by atoms with E-state index in [-0.39, 0.29) is 11.8 Å². The maximum Gasteiger partial charge on any atom is 0.179 e. The van der Waals surface area contributed by atoms with Crippen LogP contribution in [0.5, 0.6) is 0 Å². The summed E-state index contributed by atoms with van der Waals surface area (Å²) in [5, 5.41) is 10.7. The molecule has 0 spiro atoms. The summed E-state index contributed by atoms with van der Waals surface area (Å²) in [4.78, 5) is 0. The molecule has 3 aliphatic rings. The van der Waals surface area contributed by atoms with Gasteiger partial charge in [-0.1, -0.05) is 224 Å². The van der Waals surface area contributed by atoms with Crippen molar-refractivity contribution in [2.24, 2.45) is 0 Å². The lowest BCUT2D eigenvalue weighted by atomic mass is 9.60. The Balaban J connectivity index is 1.01. The van der Waals surface area contributed by atoms with Gasteiger partial charge >= 0.3 is 0 Å².